The van der Waals surface area contributed by atoms with Gasteiger partial charge in [-0.1, -0.05) is 6.42 Å². The highest BCUT2D eigenvalue weighted by molar-refractivity contribution is 5.81. The van der Waals surface area contributed by atoms with E-state index in [9.17, 15) is 4.79 Å². The van der Waals surface area contributed by atoms with Gasteiger partial charge in [-0.3, -0.25) is 24.2 Å². The number of carbonyl (C=O) groups is 3. The summed E-state index contributed by atoms with van der Waals surface area (Å²) in [7, 11) is 0. The number of nitrogens with zero attached hydrogens (tertiary/aromatic N) is 5. The molecule has 1 atom stereocenters. The third-order valence-electron chi connectivity index (χ3n) is 5.43. The standard InChI is InChI=1S/C18H31N5O.2CH2O2/c1-17(22-8-3-2-4-9-22)18(24)23-10-5-7-20(14-15-23)12-13-21-11-6-19-16-21;2*2-1-3/h6,11,16-17H,2-5,7-10,12-15H2,1H3;2*1H,(H,2,3). The highest BCUT2D eigenvalue weighted by Crippen LogP contribution is 2.15. The number of carboxylic acid groups (broad SMARTS) is 2. The molecular formula is C20H35N5O5. The first-order valence-electron chi connectivity index (χ1n) is 10.4. The van der Waals surface area contributed by atoms with Crippen LogP contribution in [0.3, 0.4) is 0 Å². The molecule has 0 radical (unpaired) electrons. The fourth-order valence-corrected chi connectivity index (χ4v) is 3.82. The number of hydrogen-bond acceptors (Lipinski definition) is 6. The molecule has 2 N–H and O–H groups in total. The van der Waals surface area contributed by atoms with Crippen molar-refractivity contribution in [2.24, 2.45) is 0 Å². The highest BCUT2D eigenvalue weighted by Gasteiger charge is 2.28. The molecule has 1 unspecified atom stereocenters. The second-order valence-corrected chi connectivity index (χ2v) is 7.30. The first-order valence-corrected chi connectivity index (χ1v) is 10.4. The van der Waals surface area contributed by atoms with Crippen molar-refractivity contribution in [1.82, 2.24) is 24.3 Å². The van der Waals surface area contributed by atoms with E-state index in [0.29, 0.717) is 5.91 Å². The first-order chi connectivity index (χ1) is 14.6. The second kappa shape index (κ2) is 15.4. The van der Waals surface area contributed by atoms with E-state index in [-0.39, 0.29) is 19.0 Å². The molecular weight excluding hydrogens is 390 g/mol. The van der Waals surface area contributed by atoms with E-state index < -0.39 is 0 Å². The molecule has 0 saturated carbocycles. The lowest BCUT2D eigenvalue weighted by Gasteiger charge is -2.34. The Morgan fingerprint density at radius 1 is 0.967 bits per heavy atom. The topological polar surface area (TPSA) is 119 Å². The van der Waals surface area contributed by atoms with Crippen molar-refractivity contribution in [2.75, 3.05) is 45.8 Å². The number of carbonyl (C=O) groups excluding carboxylic acids is 1. The van der Waals surface area contributed by atoms with Gasteiger partial charge in [-0.05, 0) is 45.8 Å². The smallest absolute Gasteiger partial charge is 0.290 e. The normalized spacial score (nSPS) is 18.6. The lowest BCUT2D eigenvalue weighted by atomic mass is 10.1. The largest absolute Gasteiger partial charge is 0.483 e. The summed E-state index contributed by atoms with van der Waals surface area (Å²) in [4.78, 5) is 40.6. The van der Waals surface area contributed by atoms with E-state index >= 15 is 0 Å². The number of imidazole rings is 1. The Balaban J connectivity index is 0.000000672. The summed E-state index contributed by atoms with van der Waals surface area (Å²) in [6, 6.07) is 0.0443. The van der Waals surface area contributed by atoms with E-state index in [2.05, 4.69) is 31.2 Å². The van der Waals surface area contributed by atoms with Crippen LogP contribution in [0.15, 0.2) is 18.7 Å². The first kappa shape index (κ1) is 25.6. The molecule has 170 valence electrons. The van der Waals surface area contributed by atoms with Crippen LogP contribution in [0.4, 0.5) is 0 Å². The minimum atomic E-state index is -0.250. The molecule has 2 aliphatic heterocycles. The van der Waals surface area contributed by atoms with E-state index in [1.807, 2.05) is 18.7 Å². The number of aromatic nitrogens is 2. The summed E-state index contributed by atoms with van der Waals surface area (Å²) in [6.07, 6.45) is 10.6. The van der Waals surface area contributed by atoms with Crippen LogP contribution in [0.25, 0.3) is 0 Å². The van der Waals surface area contributed by atoms with Crippen molar-refractivity contribution in [2.45, 2.75) is 45.2 Å². The summed E-state index contributed by atoms with van der Waals surface area (Å²) < 4.78 is 2.12. The quantitative estimate of drug-likeness (QED) is 0.662. The molecule has 2 saturated heterocycles. The summed E-state index contributed by atoms with van der Waals surface area (Å²) in [5, 5.41) is 13.8. The zero-order valence-electron chi connectivity index (χ0n) is 17.8. The van der Waals surface area contributed by atoms with Gasteiger partial charge in [0, 0.05) is 45.1 Å². The maximum Gasteiger partial charge on any atom is 0.290 e. The molecule has 0 bridgehead atoms. The van der Waals surface area contributed by atoms with E-state index in [1.54, 1.807) is 0 Å². The Labute approximate surface area is 178 Å². The number of hydrogen-bond donors (Lipinski definition) is 2. The van der Waals surface area contributed by atoms with Crippen molar-refractivity contribution in [3.05, 3.63) is 18.7 Å². The van der Waals surface area contributed by atoms with Gasteiger partial charge in [0.25, 0.3) is 12.9 Å². The lowest BCUT2D eigenvalue weighted by molar-refractivity contribution is -0.136. The molecule has 3 rings (SSSR count). The monoisotopic (exact) mass is 425 g/mol. The van der Waals surface area contributed by atoms with Crippen molar-refractivity contribution >= 4 is 18.9 Å². The van der Waals surface area contributed by atoms with E-state index in [1.165, 1.54) is 19.3 Å². The van der Waals surface area contributed by atoms with Crippen LogP contribution in [0.5, 0.6) is 0 Å². The van der Waals surface area contributed by atoms with Crippen LogP contribution in [-0.4, -0.2) is 105 Å². The average molecular weight is 426 g/mol. The molecule has 0 spiro atoms. The summed E-state index contributed by atoms with van der Waals surface area (Å²) in [5.41, 5.74) is 0. The number of rotatable bonds is 5. The minimum Gasteiger partial charge on any atom is -0.483 e. The third kappa shape index (κ3) is 9.36. The predicted octanol–water partition coefficient (Wildman–Crippen LogP) is 0.693. The molecule has 1 aromatic rings. The molecule has 1 aromatic heterocycles. The maximum absolute atomic E-state index is 12.9. The summed E-state index contributed by atoms with van der Waals surface area (Å²) in [5.74, 6) is 0.327. The van der Waals surface area contributed by atoms with Gasteiger partial charge in [-0.15, -0.1) is 0 Å². The molecule has 3 heterocycles. The van der Waals surface area contributed by atoms with Crippen LogP contribution in [0.1, 0.15) is 32.6 Å². The Kier molecular flexibility index (Phi) is 13.1. The summed E-state index contributed by atoms with van der Waals surface area (Å²) >= 11 is 0. The van der Waals surface area contributed by atoms with Gasteiger partial charge in [-0.25, -0.2) is 4.98 Å². The third-order valence-corrected chi connectivity index (χ3v) is 5.43. The average Bonchev–Trinajstić information content (AvgIpc) is 3.17. The number of amides is 1. The van der Waals surface area contributed by atoms with Crippen molar-refractivity contribution in [3.63, 3.8) is 0 Å². The van der Waals surface area contributed by atoms with Crippen LogP contribution in [0.2, 0.25) is 0 Å². The molecule has 0 aromatic carbocycles. The molecule has 10 nitrogen and oxygen atoms in total. The maximum atomic E-state index is 12.9. The minimum absolute atomic E-state index is 0.0443. The molecule has 1 amide bonds. The van der Waals surface area contributed by atoms with Crippen LogP contribution < -0.4 is 0 Å². The van der Waals surface area contributed by atoms with Crippen molar-refractivity contribution in [3.8, 4) is 0 Å². The van der Waals surface area contributed by atoms with Gasteiger partial charge in [0.1, 0.15) is 0 Å². The highest BCUT2D eigenvalue weighted by atomic mass is 16.3. The van der Waals surface area contributed by atoms with Gasteiger partial charge in [-0.2, -0.15) is 0 Å². The lowest BCUT2D eigenvalue weighted by Crippen LogP contribution is -2.49. The van der Waals surface area contributed by atoms with Crippen LogP contribution in [0, 0.1) is 0 Å². The fraction of sp³-hybridized carbons (Fsp3) is 0.700. The zero-order chi connectivity index (χ0) is 22.2. The van der Waals surface area contributed by atoms with Gasteiger partial charge in [0.15, 0.2) is 0 Å². The SMILES string of the molecule is CC(C(=O)N1CCCN(CCn2ccnc2)CC1)N1CCCCC1.O=CO.O=CO. The Bertz CT molecular complexity index is 586. The van der Waals surface area contributed by atoms with Crippen LogP contribution >= 0.6 is 0 Å². The molecule has 2 aliphatic rings. The number of likely N-dealkylation sites (tertiary alicyclic amines) is 1. The summed E-state index contributed by atoms with van der Waals surface area (Å²) in [6.45, 7) is 9.58. The predicted molar refractivity (Wildman–Crippen MR) is 112 cm³/mol. The van der Waals surface area contributed by atoms with Gasteiger partial charge in [0.2, 0.25) is 5.91 Å². The Morgan fingerprint density at radius 2 is 1.63 bits per heavy atom. The Hall–Kier alpha value is -2.46. The molecule has 2 fully saturated rings. The molecule has 10 heteroatoms. The Morgan fingerprint density at radius 3 is 2.23 bits per heavy atom. The second-order valence-electron chi connectivity index (χ2n) is 7.30. The van der Waals surface area contributed by atoms with Gasteiger partial charge in [0.05, 0.1) is 12.4 Å². The molecule has 30 heavy (non-hydrogen) atoms. The molecule has 0 aliphatic carbocycles. The van der Waals surface area contributed by atoms with Gasteiger partial charge < -0.3 is 19.7 Å². The van der Waals surface area contributed by atoms with Crippen molar-refractivity contribution in [1.29, 1.82) is 0 Å². The number of piperidine rings is 1. The van der Waals surface area contributed by atoms with E-state index in [0.717, 1.165) is 58.8 Å². The zero-order valence-corrected chi connectivity index (χ0v) is 17.8. The van der Waals surface area contributed by atoms with Crippen LogP contribution in [-0.2, 0) is 20.9 Å². The van der Waals surface area contributed by atoms with E-state index in [4.69, 9.17) is 19.8 Å². The van der Waals surface area contributed by atoms with Gasteiger partial charge >= 0.3 is 0 Å². The van der Waals surface area contributed by atoms with Crippen molar-refractivity contribution < 1.29 is 24.6 Å². The fourth-order valence-electron chi connectivity index (χ4n) is 3.82.